The molecule has 0 aromatic heterocycles. The number of hydrogen-bond donors (Lipinski definition) is 0. The number of esters is 2. The molecule has 0 bridgehead atoms. The van der Waals surface area contributed by atoms with E-state index in [-0.39, 0.29) is 6.42 Å². The normalized spacial score (nSPS) is 16.2. The molecule has 1 saturated heterocycles. The van der Waals surface area contributed by atoms with Crippen LogP contribution < -0.4 is 0 Å². The van der Waals surface area contributed by atoms with Crippen LogP contribution in [0.5, 0.6) is 0 Å². The van der Waals surface area contributed by atoms with Gasteiger partial charge in [-0.15, -0.1) is 0 Å². The van der Waals surface area contributed by atoms with E-state index in [1.165, 1.54) is 77.0 Å². The van der Waals surface area contributed by atoms with E-state index in [1.54, 1.807) is 0 Å². The number of rotatable bonds is 15. The van der Waals surface area contributed by atoms with Gasteiger partial charge in [-0.3, -0.25) is 4.79 Å². The molecule has 3 nitrogen and oxygen atoms in total. The second-order valence-corrected chi connectivity index (χ2v) is 7.88. The van der Waals surface area contributed by atoms with Crippen LogP contribution in [0.3, 0.4) is 0 Å². The summed E-state index contributed by atoms with van der Waals surface area (Å²) in [6, 6.07) is 0. The van der Waals surface area contributed by atoms with Gasteiger partial charge in [0.1, 0.15) is 0 Å². The number of carbonyl (C=O) groups excluding carboxylic acids is 2. The number of cyclic esters (lactones) is 2. The number of carbonyl (C=O) groups is 2. The predicted octanol–water partition coefficient (Wildman–Crippen LogP) is 6.50. The third-order valence-corrected chi connectivity index (χ3v) is 4.93. The Labute approximate surface area is 154 Å². The molecule has 0 radical (unpaired) electrons. The molecule has 0 unspecified atom stereocenters. The molecule has 25 heavy (non-hydrogen) atoms. The van der Waals surface area contributed by atoms with Gasteiger partial charge >= 0.3 is 11.9 Å². The third-order valence-electron chi connectivity index (χ3n) is 4.93. The summed E-state index contributed by atoms with van der Waals surface area (Å²) in [6.45, 7) is 4.62. The number of allylic oxidation sites excluding steroid dienone is 1. The fraction of sp³-hybridized carbons (Fsp3) is 0.818. The summed E-state index contributed by atoms with van der Waals surface area (Å²) in [5.74, 6) is 0.0109. The maximum Gasteiger partial charge on any atom is 0.341 e. The second kappa shape index (κ2) is 14.1. The lowest BCUT2D eigenvalue weighted by atomic mass is 10.0. The highest BCUT2D eigenvalue weighted by molar-refractivity contribution is 6.05. The van der Waals surface area contributed by atoms with Crippen molar-refractivity contribution < 1.29 is 14.3 Å². The summed E-state index contributed by atoms with van der Waals surface area (Å²) in [5, 5.41) is 0. The molecule has 1 fully saturated rings. The van der Waals surface area contributed by atoms with Crippen LogP contribution in [0.4, 0.5) is 0 Å². The van der Waals surface area contributed by atoms with E-state index in [9.17, 15) is 9.59 Å². The van der Waals surface area contributed by atoms with Gasteiger partial charge in [0.15, 0.2) is 0 Å². The minimum atomic E-state index is -0.440. The molecule has 1 aliphatic heterocycles. The van der Waals surface area contributed by atoms with Gasteiger partial charge in [-0.2, -0.15) is 0 Å². The van der Waals surface area contributed by atoms with Crippen molar-refractivity contribution in [3.8, 4) is 0 Å². The van der Waals surface area contributed by atoms with Gasteiger partial charge in [-0.1, -0.05) is 97.0 Å². The molecular weight excluding hydrogens is 312 g/mol. The smallest absolute Gasteiger partial charge is 0.341 e. The van der Waals surface area contributed by atoms with Crippen LogP contribution in [0.2, 0.25) is 0 Å². The fourth-order valence-electron chi connectivity index (χ4n) is 3.33. The SMILES string of the molecule is CC(C)CCCCCCCCCCCCCC/C=C1/CC(=O)OC1=O. The predicted molar refractivity (Wildman–Crippen MR) is 103 cm³/mol. The maximum atomic E-state index is 11.3. The van der Waals surface area contributed by atoms with Crippen molar-refractivity contribution in [3.05, 3.63) is 11.6 Å². The molecular formula is C22H38O3. The van der Waals surface area contributed by atoms with Crippen molar-refractivity contribution in [2.45, 2.75) is 110 Å². The monoisotopic (exact) mass is 350 g/mol. The number of unbranched alkanes of at least 4 members (excludes halogenated alkanes) is 12. The highest BCUT2D eigenvalue weighted by Gasteiger charge is 2.26. The lowest BCUT2D eigenvalue weighted by Crippen LogP contribution is -1.96. The summed E-state index contributed by atoms with van der Waals surface area (Å²) in [4.78, 5) is 22.2. The zero-order valence-electron chi connectivity index (χ0n) is 16.5. The van der Waals surface area contributed by atoms with Gasteiger partial charge in [-0.05, 0) is 18.8 Å². The first-order valence-corrected chi connectivity index (χ1v) is 10.5. The molecule has 0 N–H and O–H groups in total. The Bertz CT molecular complexity index is 409. The van der Waals surface area contributed by atoms with Crippen molar-refractivity contribution in [1.29, 1.82) is 0 Å². The molecule has 0 aromatic rings. The maximum absolute atomic E-state index is 11.3. The van der Waals surface area contributed by atoms with Crippen molar-refractivity contribution in [3.63, 3.8) is 0 Å². The highest BCUT2D eigenvalue weighted by Crippen LogP contribution is 2.17. The Morgan fingerprint density at radius 1 is 0.800 bits per heavy atom. The molecule has 0 atom stereocenters. The lowest BCUT2D eigenvalue weighted by molar-refractivity contribution is -0.151. The van der Waals surface area contributed by atoms with Crippen molar-refractivity contribution in [2.75, 3.05) is 0 Å². The molecule has 0 aliphatic carbocycles. The Balaban J connectivity index is 1.78. The molecule has 0 saturated carbocycles. The van der Waals surface area contributed by atoms with Crippen LogP contribution in [-0.2, 0) is 14.3 Å². The van der Waals surface area contributed by atoms with Crippen LogP contribution in [0, 0.1) is 5.92 Å². The number of hydrogen-bond acceptors (Lipinski definition) is 3. The molecule has 3 heteroatoms. The Morgan fingerprint density at radius 2 is 1.28 bits per heavy atom. The summed E-state index contributed by atoms with van der Waals surface area (Å²) in [5.41, 5.74) is 0.550. The zero-order valence-corrected chi connectivity index (χ0v) is 16.5. The largest absolute Gasteiger partial charge is 0.389 e. The quantitative estimate of drug-likeness (QED) is 0.146. The second-order valence-electron chi connectivity index (χ2n) is 7.88. The minimum absolute atomic E-state index is 0.163. The molecule has 1 rings (SSSR count). The average Bonchev–Trinajstić information content (AvgIpc) is 2.88. The van der Waals surface area contributed by atoms with Gasteiger partial charge in [0, 0.05) is 5.57 Å². The van der Waals surface area contributed by atoms with Gasteiger partial charge < -0.3 is 4.74 Å². The summed E-state index contributed by atoms with van der Waals surface area (Å²) < 4.78 is 4.51. The third kappa shape index (κ3) is 12.0. The Kier molecular flexibility index (Phi) is 12.4. The standard InChI is InChI=1S/C22H38O3/c1-19(2)16-14-12-10-8-6-4-3-5-7-9-11-13-15-17-20-18-21(23)25-22(20)24/h17,19H,3-16,18H2,1-2H3/b20-17-. The molecule has 0 amide bonds. The van der Waals surface area contributed by atoms with Gasteiger partial charge in [-0.25, -0.2) is 4.79 Å². The van der Waals surface area contributed by atoms with E-state index in [1.807, 2.05) is 6.08 Å². The summed E-state index contributed by atoms with van der Waals surface area (Å²) in [7, 11) is 0. The molecule has 0 spiro atoms. The van der Waals surface area contributed by atoms with Gasteiger partial charge in [0.25, 0.3) is 0 Å². The van der Waals surface area contributed by atoms with E-state index in [4.69, 9.17) is 0 Å². The van der Waals surface area contributed by atoms with Crippen molar-refractivity contribution in [1.82, 2.24) is 0 Å². The van der Waals surface area contributed by atoms with E-state index >= 15 is 0 Å². The summed E-state index contributed by atoms with van der Waals surface area (Å²) >= 11 is 0. The lowest BCUT2D eigenvalue weighted by Gasteiger charge is -2.04. The van der Waals surface area contributed by atoms with Gasteiger partial charge in [0.2, 0.25) is 0 Å². The molecule has 144 valence electrons. The Hall–Kier alpha value is -1.12. The highest BCUT2D eigenvalue weighted by atomic mass is 16.6. The van der Waals surface area contributed by atoms with E-state index in [0.717, 1.165) is 18.8 Å². The van der Waals surface area contributed by atoms with E-state index in [2.05, 4.69) is 18.6 Å². The average molecular weight is 351 g/mol. The van der Waals surface area contributed by atoms with Crippen molar-refractivity contribution in [2.24, 2.45) is 5.92 Å². The Morgan fingerprint density at radius 3 is 1.72 bits per heavy atom. The summed E-state index contributed by atoms with van der Waals surface area (Å²) in [6.07, 6.45) is 20.4. The van der Waals surface area contributed by atoms with Gasteiger partial charge in [0.05, 0.1) is 6.42 Å². The van der Waals surface area contributed by atoms with Crippen LogP contribution in [0.1, 0.15) is 110 Å². The fourth-order valence-corrected chi connectivity index (χ4v) is 3.33. The first kappa shape index (κ1) is 21.9. The molecule has 1 heterocycles. The van der Waals surface area contributed by atoms with Crippen LogP contribution in [0.15, 0.2) is 11.6 Å². The minimum Gasteiger partial charge on any atom is -0.389 e. The van der Waals surface area contributed by atoms with Crippen molar-refractivity contribution >= 4 is 11.9 Å². The van der Waals surface area contributed by atoms with E-state index < -0.39 is 11.9 Å². The first-order chi connectivity index (χ1) is 12.1. The van der Waals surface area contributed by atoms with Crippen LogP contribution in [-0.4, -0.2) is 11.9 Å². The topological polar surface area (TPSA) is 43.4 Å². The van der Waals surface area contributed by atoms with E-state index in [0.29, 0.717) is 5.57 Å². The molecule has 0 aromatic carbocycles. The van der Waals surface area contributed by atoms with Crippen LogP contribution in [0.25, 0.3) is 0 Å². The molecule has 1 aliphatic rings. The number of ether oxygens (including phenoxy) is 1. The zero-order chi connectivity index (χ0) is 18.3. The first-order valence-electron chi connectivity index (χ1n) is 10.5. The van der Waals surface area contributed by atoms with Crippen LogP contribution >= 0.6 is 0 Å².